The highest BCUT2D eigenvalue weighted by Crippen LogP contribution is 2.11. The smallest absolute Gasteiger partial charge is 0.191 e. The highest BCUT2D eigenvalue weighted by molar-refractivity contribution is 5.79. The number of aromatic nitrogens is 5. The fraction of sp³-hybridized carbons (Fsp3) is 0.333. The molecular weight excluding hydrogens is 328 g/mol. The van der Waals surface area contributed by atoms with Crippen LogP contribution in [-0.2, 0) is 20.1 Å². The topological polar surface area (TPSA) is 84.9 Å². The van der Waals surface area contributed by atoms with E-state index in [9.17, 15) is 0 Å². The number of pyridine rings is 1. The molecule has 3 rings (SSSR count). The highest BCUT2D eigenvalue weighted by atomic mass is 15.3. The van der Waals surface area contributed by atoms with Crippen LogP contribution in [0.3, 0.4) is 0 Å². The van der Waals surface area contributed by atoms with Crippen molar-refractivity contribution in [3.8, 4) is 5.82 Å². The molecule has 0 radical (unpaired) electrons. The molecule has 0 aliphatic rings. The fourth-order valence-corrected chi connectivity index (χ4v) is 2.75. The van der Waals surface area contributed by atoms with Crippen LogP contribution in [0.5, 0.6) is 0 Å². The lowest BCUT2D eigenvalue weighted by Crippen LogP contribution is -2.36. The first-order chi connectivity index (χ1) is 12.6. The summed E-state index contributed by atoms with van der Waals surface area (Å²) >= 11 is 0. The third-order valence-electron chi connectivity index (χ3n) is 4.32. The molecule has 3 aromatic rings. The molecule has 3 aromatic heterocycles. The van der Waals surface area contributed by atoms with Crippen LogP contribution in [0.25, 0.3) is 5.82 Å². The predicted octanol–water partition coefficient (Wildman–Crippen LogP) is 1.48. The van der Waals surface area contributed by atoms with Gasteiger partial charge in [0.2, 0.25) is 0 Å². The van der Waals surface area contributed by atoms with Crippen LogP contribution >= 0.6 is 0 Å². The number of aryl methyl sites for hydroxylation is 2. The zero-order valence-corrected chi connectivity index (χ0v) is 15.6. The Balaban J connectivity index is 1.60. The largest absolute Gasteiger partial charge is 0.352 e. The van der Waals surface area contributed by atoms with Crippen molar-refractivity contribution in [1.82, 2.24) is 35.2 Å². The van der Waals surface area contributed by atoms with Crippen molar-refractivity contribution in [2.24, 2.45) is 12.0 Å². The van der Waals surface area contributed by atoms with E-state index >= 15 is 0 Å². The van der Waals surface area contributed by atoms with Crippen LogP contribution in [0.1, 0.15) is 22.5 Å². The Morgan fingerprint density at radius 1 is 1.19 bits per heavy atom. The quantitative estimate of drug-likeness (QED) is 0.537. The van der Waals surface area contributed by atoms with E-state index < -0.39 is 0 Å². The first-order valence-electron chi connectivity index (χ1n) is 8.47. The van der Waals surface area contributed by atoms with Gasteiger partial charge in [0.15, 0.2) is 11.8 Å². The lowest BCUT2D eigenvalue weighted by Gasteiger charge is -2.12. The Kier molecular flexibility index (Phi) is 5.31. The van der Waals surface area contributed by atoms with E-state index in [1.165, 1.54) is 5.56 Å². The molecule has 3 heterocycles. The monoisotopic (exact) mass is 352 g/mol. The van der Waals surface area contributed by atoms with Gasteiger partial charge in [0.25, 0.3) is 0 Å². The maximum absolute atomic E-state index is 4.44. The fourth-order valence-electron chi connectivity index (χ4n) is 2.75. The molecule has 136 valence electrons. The minimum Gasteiger partial charge on any atom is -0.352 e. The van der Waals surface area contributed by atoms with Crippen molar-refractivity contribution in [1.29, 1.82) is 0 Å². The molecule has 26 heavy (non-hydrogen) atoms. The molecule has 0 aromatic carbocycles. The van der Waals surface area contributed by atoms with E-state index in [1.807, 2.05) is 43.0 Å². The van der Waals surface area contributed by atoms with Crippen molar-refractivity contribution in [3.63, 3.8) is 0 Å². The van der Waals surface area contributed by atoms with Gasteiger partial charge in [0.05, 0.1) is 5.69 Å². The van der Waals surface area contributed by atoms with Gasteiger partial charge < -0.3 is 10.6 Å². The van der Waals surface area contributed by atoms with E-state index in [4.69, 9.17) is 0 Å². The maximum atomic E-state index is 4.44. The number of aliphatic imine (C=N–C) groups is 1. The molecule has 8 nitrogen and oxygen atoms in total. The normalized spacial score (nSPS) is 11.6. The third-order valence-corrected chi connectivity index (χ3v) is 4.32. The number of guanidine groups is 1. The summed E-state index contributed by atoms with van der Waals surface area (Å²) in [6.07, 6.45) is 5.39. The van der Waals surface area contributed by atoms with Crippen molar-refractivity contribution < 1.29 is 0 Å². The van der Waals surface area contributed by atoms with Gasteiger partial charge in [-0.25, -0.2) is 9.67 Å². The number of rotatable bonds is 5. The van der Waals surface area contributed by atoms with Gasteiger partial charge in [0, 0.05) is 57.0 Å². The Bertz CT molecular complexity index is 892. The van der Waals surface area contributed by atoms with Gasteiger partial charge in [-0.05, 0) is 37.6 Å². The van der Waals surface area contributed by atoms with E-state index in [-0.39, 0.29) is 0 Å². The molecule has 8 heteroatoms. The second kappa shape index (κ2) is 7.81. The Morgan fingerprint density at radius 3 is 2.65 bits per heavy atom. The molecular formula is C18H24N8. The van der Waals surface area contributed by atoms with Gasteiger partial charge in [-0.3, -0.25) is 9.67 Å². The number of nitrogens with zero attached hydrogens (tertiary/aromatic N) is 6. The average Bonchev–Trinajstić information content (AvgIpc) is 3.26. The Labute approximate surface area is 153 Å². The number of hydrogen-bond donors (Lipinski definition) is 2. The van der Waals surface area contributed by atoms with Crippen molar-refractivity contribution in [3.05, 3.63) is 59.3 Å². The van der Waals surface area contributed by atoms with Crippen LogP contribution < -0.4 is 10.6 Å². The number of hydrogen-bond acceptors (Lipinski definition) is 4. The van der Waals surface area contributed by atoms with Crippen molar-refractivity contribution in [2.75, 3.05) is 7.05 Å². The van der Waals surface area contributed by atoms with Crippen molar-refractivity contribution >= 4 is 5.96 Å². The number of nitrogens with one attached hydrogen (secondary N) is 2. The molecule has 0 spiro atoms. The summed E-state index contributed by atoms with van der Waals surface area (Å²) < 4.78 is 3.64. The predicted molar refractivity (Wildman–Crippen MR) is 101 cm³/mol. The van der Waals surface area contributed by atoms with Crippen molar-refractivity contribution in [2.45, 2.75) is 26.9 Å². The SMILES string of the molecule is CN=C(NCc1ccnc(-n2cccn2)c1)NCc1c(C)nn(C)c1C. The molecule has 0 unspecified atom stereocenters. The van der Waals surface area contributed by atoms with Crippen LogP contribution in [-0.4, -0.2) is 37.6 Å². The summed E-state index contributed by atoms with van der Waals surface area (Å²) in [7, 11) is 3.72. The minimum absolute atomic E-state index is 0.640. The first-order valence-corrected chi connectivity index (χ1v) is 8.47. The molecule has 0 bridgehead atoms. The second-order valence-corrected chi connectivity index (χ2v) is 6.03. The third kappa shape index (κ3) is 3.90. The summed E-state index contributed by atoms with van der Waals surface area (Å²) in [5, 5.41) is 15.3. The zero-order chi connectivity index (χ0) is 18.5. The van der Waals surface area contributed by atoms with Crippen LogP contribution in [0.2, 0.25) is 0 Å². The van der Waals surface area contributed by atoms with E-state index in [0.717, 1.165) is 28.7 Å². The van der Waals surface area contributed by atoms with Crippen LogP contribution in [0.15, 0.2) is 41.8 Å². The summed E-state index contributed by atoms with van der Waals surface area (Å²) in [4.78, 5) is 8.64. The van der Waals surface area contributed by atoms with E-state index in [2.05, 4.69) is 37.7 Å². The summed E-state index contributed by atoms with van der Waals surface area (Å²) in [5.74, 6) is 1.53. The molecule has 0 aliphatic heterocycles. The van der Waals surface area contributed by atoms with E-state index in [1.54, 1.807) is 24.1 Å². The molecule has 2 N–H and O–H groups in total. The van der Waals surface area contributed by atoms with Gasteiger partial charge >= 0.3 is 0 Å². The summed E-state index contributed by atoms with van der Waals surface area (Å²) in [6.45, 7) is 5.41. The molecule has 0 amide bonds. The Hall–Kier alpha value is -3.16. The van der Waals surface area contributed by atoms with E-state index in [0.29, 0.717) is 13.1 Å². The lowest BCUT2D eigenvalue weighted by molar-refractivity contribution is 0.728. The van der Waals surface area contributed by atoms with Gasteiger partial charge in [-0.15, -0.1) is 0 Å². The zero-order valence-electron chi connectivity index (χ0n) is 15.6. The lowest BCUT2D eigenvalue weighted by atomic mass is 10.2. The maximum Gasteiger partial charge on any atom is 0.191 e. The average molecular weight is 352 g/mol. The minimum atomic E-state index is 0.640. The van der Waals surface area contributed by atoms with Gasteiger partial charge in [-0.2, -0.15) is 10.2 Å². The molecule has 0 saturated carbocycles. The van der Waals surface area contributed by atoms with Crippen LogP contribution in [0.4, 0.5) is 0 Å². The van der Waals surface area contributed by atoms with Gasteiger partial charge in [-0.1, -0.05) is 0 Å². The second-order valence-electron chi connectivity index (χ2n) is 6.03. The highest BCUT2D eigenvalue weighted by Gasteiger charge is 2.09. The Morgan fingerprint density at radius 2 is 2.00 bits per heavy atom. The molecule has 0 atom stereocenters. The first kappa shape index (κ1) is 17.7. The molecule has 0 saturated heterocycles. The standard InChI is InChI=1S/C18H24N8/c1-13-16(14(2)25(4)24-13)12-22-18(19-3)21-11-15-6-8-20-17(10-15)26-9-5-7-23-26/h5-10H,11-12H2,1-4H3,(H2,19,21,22). The van der Waals surface area contributed by atoms with Gasteiger partial charge in [0.1, 0.15) is 0 Å². The summed E-state index contributed by atoms with van der Waals surface area (Å²) in [5.41, 5.74) is 4.48. The van der Waals surface area contributed by atoms with Crippen LogP contribution in [0, 0.1) is 13.8 Å². The molecule has 0 aliphatic carbocycles. The summed E-state index contributed by atoms with van der Waals surface area (Å²) in [6, 6.07) is 5.85. The molecule has 0 fully saturated rings.